The Balaban J connectivity index is 1.90. The molecule has 0 radical (unpaired) electrons. The van der Waals surface area contributed by atoms with Crippen LogP contribution in [0.5, 0.6) is 5.75 Å². The zero-order chi connectivity index (χ0) is 13.2. The highest BCUT2D eigenvalue weighted by molar-refractivity contribution is 5.82. The summed E-state index contributed by atoms with van der Waals surface area (Å²) in [6, 6.07) is 7.99. The number of ether oxygens (including phenoxy) is 1. The van der Waals surface area contributed by atoms with Gasteiger partial charge in [0.25, 0.3) is 0 Å². The molecule has 2 heterocycles. The van der Waals surface area contributed by atoms with Crippen LogP contribution < -0.4 is 9.75 Å². The zero-order valence-electron chi connectivity index (χ0n) is 11.3. The quantitative estimate of drug-likeness (QED) is 0.816. The van der Waals surface area contributed by atoms with E-state index in [-0.39, 0.29) is 11.9 Å². The molecule has 0 bridgehead atoms. The van der Waals surface area contributed by atoms with E-state index in [9.17, 15) is 4.79 Å². The first-order valence-corrected chi connectivity index (χ1v) is 7.04. The van der Waals surface area contributed by atoms with Gasteiger partial charge in [-0.15, -0.1) is 0 Å². The molecule has 1 unspecified atom stereocenters. The minimum absolute atomic E-state index is 0.0940. The molecule has 102 valence electrons. The molecule has 2 aliphatic rings. The van der Waals surface area contributed by atoms with Gasteiger partial charge in [0.15, 0.2) is 11.9 Å². The van der Waals surface area contributed by atoms with Crippen LogP contribution in [0.1, 0.15) is 26.2 Å². The lowest BCUT2D eigenvalue weighted by molar-refractivity contribution is -0.123. The number of hydrazine groups is 1. The van der Waals surface area contributed by atoms with Crippen molar-refractivity contribution in [1.29, 1.82) is 0 Å². The van der Waals surface area contributed by atoms with E-state index in [1.807, 2.05) is 18.2 Å². The van der Waals surface area contributed by atoms with Gasteiger partial charge in [-0.05, 0) is 31.9 Å². The van der Waals surface area contributed by atoms with Gasteiger partial charge >= 0.3 is 0 Å². The third kappa shape index (κ3) is 2.45. The van der Waals surface area contributed by atoms with Crippen LogP contribution in [0.15, 0.2) is 24.3 Å². The highest BCUT2D eigenvalue weighted by atomic mass is 16.5. The first-order chi connectivity index (χ1) is 9.25. The molecule has 1 saturated heterocycles. The lowest BCUT2D eigenvalue weighted by Gasteiger charge is -2.43. The fourth-order valence-electron chi connectivity index (χ4n) is 2.81. The predicted molar refractivity (Wildman–Crippen MR) is 74.3 cm³/mol. The number of piperidine rings is 1. The lowest BCUT2D eigenvalue weighted by Crippen LogP contribution is -2.53. The van der Waals surface area contributed by atoms with E-state index < -0.39 is 0 Å². The van der Waals surface area contributed by atoms with Gasteiger partial charge in [0.2, 0.25) is 0 Å². The summed E-state index contributed by atoms with van der Waals surface area (Å²) in [4.78, 5) is 11.7. The molecule has 0 N–H and O–H groups in total. The van der Waals surface area contributed by atoms with Crippen molar-refractivity contribution in [3.63, 3.8) is 0 Å². The maximum absolute atomic E-state index is 11.7. The molecule has 3 rings (SSSR count). The van der Waals surface area contributed by atoms with Crippen molar-refractivity contribution in [3.05, 3.63) is 24.3 Å². The second-order valence-corrected chi connectivity index (χ2v) is 5.28. The van der Waals surface area contributed by atoms with Gasteiger partial charge in [-0.3, -0.25) is 9.80 Å². The Hall–Kier alpha value is -1.55. The Morgan fingerprint density at radius 3 is 2.68 bits per heavy atom. The van der Waals surface area contributed by atoms with Crippen LogP contribution in [-0.4, -0.2) is 36.5 Å². The molecule has 1 aromatic carbocycles. The van der Waals surface area contributed by atoms with Crippen LogP contribution in [0.3, 0.4) is 0 Å². The van der Waals surface area contributed by atoms with Gasteiger partial charge in [-0.25, -0.2) is 5.01 Å². The predicted octanol–water partition coefficient (Wildman–Crippen LogP) is 2.24. The minimum atomic E-state index is -0.350. The molecule has 19 heavy (non-hydrogen) atoms. The fourth-order valence-corrected chi connectivity index (χ4v) is 2.81. The van der Waals surface area contributed by atoms with E-state index in [2.05, 4.69) is 16.1 Å². The number of hydrogen-bond donors (Lipinski definition) is 0. The largest absolute Gasteiger partial charge is 0.479 e. The van der Waals surface area contributed by atoms with Crippen LogP contribution in [-0.2, 0) is 4.79 Å². The van der Waals surface area contributed by atoms with Crippen molar-refractivity contribution in [2.45, 2.75) is 32.3 Å². The standard InChI is InChI=1S/C15H20N2O2/c1-12(18)15-11-17(16-9-5-2-6-10-16)13-7-3-4-8-14(13)19-15/h3-4,7-8,15H,2,5-6,9-11H2,1H3. The smallest absolute Gasteiger partial charge is 0.175 e. The van der Waals surface area contributed by atoms with Gasteiger partial charge in [0.05, 0.1) is 12.2 Å². The number of anilines is 1. The van der Waals surface area contributed by atoms with Gasteiger partial charge in [0, 0.05) is 13.1 Å². The molecule has 4 nitrogen and oxygen atoms in total. The van der Waals surface area contributed by atoms with E-state index in [1.54, 1.807) is 6.92 Å². The number of benzene rings is 1. The molecule has 4 heteroatoms. The minimum Gasteiger partial charge on any atom is -0.479 e. The molecular formula is C15H20N2O2. The molecular weight excluding hydrogens is 240 g/mol. The highest BCUT2D eigenvalue weighted by Crippen LogP contribution is 2.34. The summed E-state index contributed by atoms with van der Waals surface area (Å²) in [6.45, 7) is 4.37. The molecule has 0 amide bonds. The second-order valence-electron chi connectivity index (χ2n) is 5.28. The Labute approximate surface area is 113 Å². The Kier molecular flexibility index (Phi) is 3.42. The summed E-state index contributed by atoms with van der Waals surface area (Å²) in [5.41, 5.74) is 1.09. The second kappa shape index (κ2) is 5.21. The van der Waals surface area contributed by atoms with Crippen molar-refractivity contribution in [2.75, 3.05) is 24.6 Å². The van der Waals surface area contributed by atoms with Crippen LogP contribution in [0.2, 0.25) is 0 Å². The molecule has 1 fully saturated rings. The van der Waals surface area contributed by atoms with Crippen LogP contribution >= 0.6 is 0 Å². The van der Waals surface area contributed by atoms with Gasteiger partial charge in [-0.1, -0.05) is 18.6 Å². The van der Waals surface area contributed by atoms with Crippen molar-refractivity contribution >= 4 is 11.5 Å². The highest BCUT2D eigenvalue weighted by Gasteiger charge is 2.31. The molecule has 0 spiro atoms. The lowest BCUT2D eigenvalue weighted by atomic mass is 10.1. The molecule has 1 aromatic rings. The van der Waals surface area contributed by atoms with E-state index in [1.165, 1.54) is 19.3 Å². The van der Waals surface area contributed by atoms with Crippen LogP contribution in [0.4, 0.5) is 5.69 Å². The van der Waals surface area contributed by atoms with E-state index in [4.69, 9.17) is 4.74 Å². The SMILES string of the molecule is CC(=O)C1CN(N2CCCCC2)c2ccccc2O1. The Morgan fingerprint density at radius 1 is 1.21 bits per heavy atom. The summed E-state index contributed by atoms with van der Waals surface area (Å²) >= 11 is 0. The van der Waals surface area contributed by atoms with Crippen molar-refractivity contribution < 1.29 is 9.53 Å². The first-order valence-electron chi connectivity index (χ1n) is 7.04. The monoisotopic (exact) mass is 260 g/mol. The van der Waals surface area contributed by atoms with Gasteiger partial charge in [0.1, 0.15) is 5.75 Å². The third-order valence-electron chi connectivity index (χ3n) is 3.88. The molecule has 2 aliphatic heterocycles. The number of ketones is 1. The zero-order valence-corrected chi connectivity index (χ0v) is 11.3. The average Bonchev–Trinajstić information content (AvgIpc) is 2.47. The van der Waals surface area contributed by atoms with E-state index in [0.29, 0.717) is 6.54 Å². The summed E-state index contributed by atoms with van der Waals surface area (Å²) in [5, 5.41) is 4.60. The van der Waals surface area contributed by atoms with Crippen LogP contribution in [0.25, 0.3) is 0 Å². The van der Waals surface area contributed by atoms with Crippen molar-refractivity contribution in [2.24, 2.45) is 0 Å². The van der Waals surface area contributed by atoms with E-state index in [0.717, 1.165) is 24.5 Å². The summed E-state index contributed by atoms with van der Waals surface area (Å²) in [5.74, 6) is 0.913. The van der Waals surface area contributed by atoms with Gasteiger partial charge < -0.3 is 4.74 Å². The maximum Gasteiger partial charge on any atom is 0.175 e. The molecule has 1 atom stereocenters. The number of carbonyl (C=O) groups is 1. The normalized spacial score (nSPS) is 23.6. The summed E-state index contributed by atoms with van der Waals surface area (Å²) in [6.07, 6.45) is 3.41. The van der Waals surface area contributed by atoms with Gasteiger partial charge in [-0.2, -0.15) is 0 Å². The maximum atomic E-state index is 11.7. The topological polar surface area (TPSA) is 32.8 Å². The Bertz CT molecular complexity index is 469. The number of rotatable bonds is 2. The average molecular weight is 260 g/mol. The Morgan fingerprint density at radius 2 is 1.95 bits per heavy atom. The summed E-state index contributed by atoms with van der Waals surface area (Å²) < 4.78 is 5.80. The number of para-hydroxylation sites is 2. The van der Waals surface area contributed by atoms with Crippen molar-refractivity contribution in [3.8, 4) is 5.75 Å². The number of nitrogens with zero attached hydrogens (tertiary/aromatic N) is 2. The fraction of sp³-hybridized carbons (Fsp3) is 0.533. The molecule has 0 aromatic heterocycles. The number of hydrogen-bond acceptors (Lipinski definition) is 4. The number of carbonyl (C=O) groups excluding carboxylic acids is 1. The number of Topliss-reactive ketones (excluding diaryl/α,β-unsaturated/α-hetero) is 1. The van der Waals surface area contributed by atoms with Crippen LogP contribution in [0, 0.1) is 0 Å². The third-order valence-corrected chi connectivity index (χ3v) is 3.88. The number of fused-ring (bicyclic) bond motifs is 1. The molecule has 0 aliphatic carbocycles. The molecule has 0 saturated carbocycles. The van der Waals surface area contributed by atoms with E-state index >= 15 is 0 Å². The van der Waals surface area contributed by atoms with Crippen molar-refractivity contribution in [1.82, 2.24) is 5.01 Å². The first kappa shape index (κ1) is 12.5. The summed E-state index contributed by atoms with van der Waals surface area (Å²) in [7, 11) is 0.